The van der Waals surface area contributed by atoms with E-state index in [2.05, 4.69) is 15.9 Å². The Balaban J connectivity index is 1.61. The minimum absolute atomic E-state index is 0.0631. The molecule has 1 saturated heterocycles. The number of methoxy groups -OCH3 is 1. The molecule has 1 amide bonds. The van der Waals surface area contributed by atoms with Crippen LogP contribution in [-0.2, 0) is 4.79 Å². The summed E-state index contributed by atoms with van der Waals surface area (Å²) >= 11 is 9.95. The third kappa shape index (κ3) is 5.52. The van der Waals surface area contributed by atoms with Gasteiger partial charge in [-0.3, -0.25) is 9.69 Å². The van der Waals surface area contributed by atoms with Crippen molar-refractivity contribution < 1.29 is 19.0 Å². The van der Waals surface area contributed by atoms with Gasteiger partial charge in [-0.25, -0.2) is 0 Å². The molecule has 0 atom stereocenters. The van der Waals surface area contributed by atoms with E-state index in [1.54, 1.807) is 12.0 Å². The Morgan fingerprint density at radius 2 is 1.83 bits per heavy atom. The van der Waals surface area contributed by atoms with E-state index in [1.165, 1.54) is 11.8 Å². The van der Waals surface area contributed by atoms with Gasteiger partial charge >= 0.3 is 0 Å². The first-order valence-corrected chi connectivity index (χ1v) is 11.0. The summed E-state index contributed by atoms with van der Waals surface area (Å²) in [5.41, 5.74) is 0.844. The van der Waals surface area contributed by atoms with Crippen LogP contribution in [0, 0.1) is 0 Å². The van der Waals surface area contributed by atoms with Crippen LogP contribution in [0.2, 0.25) is 0 Å². The Bertz CT molecular complexity index is 931. The zero-order valence-electron chi connectivity index (χ0n) is 16.0. The summed E-state index contributed by atoms with van der Waals surface area (Å²) < 4.78 is 18.5. The second kappa shape index (κ2) is 10.1. The average molecular weight is 494 g/mol. The number of hydrogen-bond donors (Lipinski definition) is 0. The molecule has 5 nitrogen and oxygen atoms in total. The summed E-state index contributed by atoms with van der Waals surface area (Å²) in [6, 6.07) is 13.2. The van der Waals surface area contributed by atoms with Crippen molar-refractivity contribution in [1.82, 2.24) is 4.90 Å². The Kier molecular flexibility index (Phi) is 7.57. The quantitative estimate of drug-likeness (QED) is 0.288. The average Bonchev–Trinajstić information content (AvgIpc) is 2.99. The third-order valence-corrected chi connectivity index (χ3v) is 6.00. The van der Waals surface area contributed by atoms with Gasteiger partial charge in [-0.2, -0.15) is 0 Å². The third-order valence-electron chi connectivity index (χ3n) is 4.10. The molecule has 1 heterocycles. The molecule has 1 fully saturated rings. The number of thiocarbonyl (C=S) groups is 1. The number of nitrogens with zero attached hydrogens (tertiary/aromatic N) is 1. The normalized spacial score (nSPS) is 15.1. The van der Waals surface area contributed by atoms with Crippen LogP contribution in [0.1, 0.15) is 12.5 Å². The van der Waals surface area contributed by atoms with E-state index in [-0.39, 0.29) is 5.91 Å². The lowest BCUT2D eigenvalue weighted by Gasteiger charge is -2.12. The van der Waals surface area contributed by atoms with E-state index >= 15 is 0 Å². The molecule has 152 valence electrons. The van der Waals surface area contributed by atoms with E-state index in [1.807, 2.05) is 55.5 Å². The number of rotatable bonds is 8. The number of benzene rings is 2. The molecular formula is C21H20BrNO4S2. The number of ether oxygens (including phenoxy) is 3. The maximum absolute atomic E-state index is 12.4. The summed E-state index contributed by atoms with van der Waals surface area (Å²) in [4.78, 5) is 14.6. The number of halogens is 1. The molecule has 1 aliphatic heterocycles. The van der Waals surface area contributed by atoms with Gasteiger partial charge in [0.05, 0.1) is 12.0 Å². The summed E-state index contributed by atoms with van der Waals surface area (Å²) in [5, 5.41) is 0. The summed E-state index contributed by atoms with van der Waals surface area (Å²) in [5.74, 6) is 1.92. The van der Waals surface area contributed by atoms with E-state index in [9.17, 15) is 4.79 Å². The van der Waals surface area contributed by atoms with Gasteiger partial charge in [0.2, 0.25) is 0 Å². The first-order valence-electron chi connectivity index (χ1n) is 8.96. The smallest absolute Gasteiger partial charge is 0.266 e. The largest absolute Gasteiger partial charge is 0.493 e. The van der Waals surface area contributed by atoms with Gasteiger partial charge in [0.1, 0.15) is 23.3 Å². The number of amides is 1. The first-order chi connectivity index (χ1) is 14.0. The van der Waals surface area contributed by atoms with E-state index in [0.29, 0.717) is 40.5 Å². The Morgan fingerprint density at radius 1 is 1.10 bits per heavy atom. The lowest BCUT2D eigenvalue weighted by atomic mass is 10.2. The Morgan fingerprint density at radius 3 is 2.48 bits per heavy atom. The van der Waals surface area contributed by atoms with Crippen molar-refractivity contribution in [2.45, 2.75) is 6.92 Å². The number of hydrogen-bond acceptors (Lipinski definition) is 6. The fourth-order valence-corrected chi connectivity index (χ4v) is 4.31. The van der Waals surface area contributed by atoms with Crippen LogP contribution in [0.5, 0.6) is 17.2 Å². The molecule has 3 rings (SSSR count). The minimum atomic E-state index is -0.0631. The Labute approximate surface area is 188 Å². The van der Waals surface area contributed by atoms with E-state index in [0.717, 1.165) is 15.8 Å². The van der Waals surface area contributed by atoms with Gasteiger partial charge < -0.3 is 14.2 Å². The van der Waals surface area contributed by atoms with E-state index in [4.69, 9.17) is 26.4 Å². The van der Waals surface area contributed by atoms with Crippen molar-refractivity contribution in [3.63, 3.8) is 0 Å². The van der Waals surface area contributed by atoms with Crippen LogP contribution in [0.4, 0.5) is 0 Å². The predicted octanol–water partition coefficient (Wildman–Crippen LogP) is 5.14. The van der Waals surface area contributed by atoms with Crippen molar-refractivity contribution >= 4 is 56.2 Å². The highest BCUT2D eigenvalue weighted by Gasteiger charge is 2.30. The summed E-state index contributed by atoms with van der Waals surface area (Å²) in [6.07, 6.45) is 1.82. The fourth-order valence-electron chi connectivity index (χ4n) is 2.66. The summed E-state index contributed by atoms with van der Waals surface area (Å²) in [6.45, 7) is 3.26. The van der Waals surface area contributed by atoms with Gasteiger partial charge in [-0.05, 0) is 55.0 Å². The SMILES string of the molecule is CCN1C(=O)/C(=C/c2ccc(OCCOc3ccc(Br)cc3)c(OC)c2)SC1=S. The molecule has 0 spiro atoms. The molecule has 8 heteroatoms. The molecule has 29 heavy (non-hydrogen) atoms. The molecule has 0 bridgehead atoms. The second-order valence-electron chi connectivity index (χ2n) is 5.99. The molecule has 0 aliphatic carbocycles. The van der Waals surface area contributed by atoms with Gasteiger partial charge in [-0.15, -0.1) is 0 Å². The molecular weight excluding hydrogens is 474 g/mol. The standard InChI is InChI=1S/C21H20BrNO4S2/c1-3-23-20(24)19(29-21(23)28)13-14-4-9-17(18(12-14)25-2)27-11-10-26-16-7-5-15(22)6-8-16/h4-9,12-13H,3,10-11H2,1-2H3/b19-13-. The molecule has 0 saturated carbocycles. The number of thioether (sulfide) groups is 1. The van der Waals surface area contributed by atoms with Crippen LogP contribution >= 0.6 is 39.9 Å². The minimum Gasteiger partial charge on any atom is -0.493 e. The number of likely N-dealkylation sites (N-methyl/N-ethyl adjacent to an activating group) is 1. The molecule has 0 N–H and O–H groups in total. The summed E-state index contributed by atoms with van der Waals surface area (Å²) in [7, 11) is 1.58. The molecule has 2 aromatic carbocycles. The number of carbonyl (C=O) groups excluding carboxylic acids is 1. The highest BCUT2D eigenvalue weighted by atomic mass is 79.9. The maximum Gasteiger partial charge on any atom is 0.266 e. The van der Waals surface area contributed by atoms with Crippen LogP contribution in [0.15, 0.2) is 51.8 Å². The van der Waals surface area contributed by atoms with Crippen LogP contribution < -0.4 is 14.2 Å². The zero-order valence-corrected chi connectivity index (χ0v) is 19.2. The van der Waals surface area contributed by atoms with Crippen LogP contribution in [0.25, 0.3) is 6.08 Å². The maximum atomic E-state index is 12.4. The highest BCUT2D eigenvalue weighted by molar-refractivity contribution is 9.10. The van der Waals surface area contributed by atoms with Crippen LogP contribution in [-0.4, -0.2) is 42.0 Å². The van der Waals surface area contributed by atoms with Crippen molar-refractivity contribution in [3.05, 3.63) is 57.4 Å². The molecule has 0 aromatic heterocycles. The molecule has 2 aromatic rings. The Hall–Kier alpha value is -2.03. The van der Waals surface area contributed by atoms with Crippen molar-refractivity contribution in [1.29, 1.82) is 0 Å². The fraction of sp³-hybridized carbons (Fsp3) is 0.238. The molecule has 1 aliphatic rings. The number of carbonyl (C=O) groups is 1. The van der Waals surface area contributed by atoms with Crippen LogP contribution in [0.3, 0.4) is 0 Å². The van der Waals surface area contributed by atoms with Crippen molar-refractivity contribution in [3.8, 4) is 17.2 Å². The van der Waals surface area contributed by atoms with E-state index < -0.39 is 0 Å². The van der Waals surface area contributed by atoms with Crippen molar-refractivity contribution in [2.75, 3.05) is 26.9 Å². The van der Waals surface area contributed by atoms with Gasteiger partial charge in [-0.1, -0.05) is 46.0 Å². The molecule has 0 radical (unpaired) electrons. The van der Waals surface area contributed by atoms with Gasteiger partial charge in [0, 0.05) is 11.0 Å². The topological polar surface area (TPSA) is 48.0 Å². The molecule has 0 unspecified atom stereocenters. The lowest BCUT2D eigenvalue weighted by molar-refractivity contribution is -0.121. The predicted molar refractivity (Wildman–Crippen MR) is 124 cm³/mol. The zero-order chi connectivity index (χ0) is 20.8. The first kappa shape index (κ1) is 21.7. The second-order valence-corrected chi connectivity index (χ2v) is 8.58. The lowest BCUT2D eigenvalue weighted by Crippen LogP contribution is -2.27. The van der Waals surface area contributed by atoms with Crippen molar-refractivity contribution in [2.24, 2.45) is 0 Å². The highest BCUT2D eigenvalue weighted by Crippen LogP contribution is 2.34. The van der Waals surface area contributed by atoms with Gasteiger partial charge in [0.25, 0.3) is 5.91 Å². The van der Waals surface area contributed by atoms with Gasteiger partial charge in [0.15, 0.2) is 11.5 Å². The monoisotopic (exact) mass is 493 g/mol.